The van der Waals surface area contributed by atoms with Crippen molar-refractivity contribution in [3.63, 3.8) is 0 Å². The number of anilines is 1. The quantitative estimate of drug-likeness (QED) is 0.730. The van der Waals surface area contributed by atoms with Crippen LogP contribution in [0.2, 0.25) is 0 Å². The first-order chi connectivity index (χ1) is 12.5. The predicted molar refractivity (Wildman–Crippen MR) is 94.0 cm³/mol. The van der Waals surface area contributed by atoms with E-state index in [9.17, 15) is 14.0 Å². The monoisotopic (exact) mass is 353 g/mol. The van der Waals surface area contributed by atoms with Crippen LogP contribution in [0.4, 0.5) is 10.1 Å². The minimum Gasteiger partial charge on any atom is -0.465 e. The number of nitrogens with one attached hydrogen (secondary N) is 1. The van der Waals surface area contributed by atoms with Crippen LogP contribution in [0.25, 0.3) is 5.69 Å². The van der Waals surface area contributed by atoms with E-state index >= 15 is 0 Å². The molecule has 6 nitrogen and oxygen atoms in total. The third-order valence-corrected chi connectivity index (χ3v) is 3.88. The summed E-state index contributed by atoms with van der Waals surface area (Å²) in [5.41, 5.74) is 2.50. The highest BCUT2D eigenvalue weighted by atomic mass is 19.1. The first kappa shape index (κ1) is 17.3. The summed E-state index contributed by atoms with van der Waals surface area (Å²) < 4.78 is 19.4. The number of ether oxygens (including phenoxy) is 1. The van der Waals surface area contributed by atoms with Crippen LogP contribution in [0, 0.1) is 12.7 Å². The van der Waals surface area contributed by atoms with Crippen molar-refractivity contribution in [3.8, 4) is 5.69 Å². The molecule has 0 spiro atoms. The number of methoxy groups -OCH3 is 1. The summed E-state index contributed by atoms with van der Waals surface area (Å²) in [6.45, 7) is 1.81. The second-order valence-electron chi connectivity index (χ2n) is 5.60. The van der Waals surface area contributed by atoms with E-state index in [0.29, 0.717) is 16.9 Å². The van der Waals surface area contributed by atoms with E-state index in [1.54, 1.807) is 34.9 Å². The molecule has 3 rings (SSSR count). The number of hydrogen-bond donors (Lipinski definition) is 1. The minimum absolute atomic E-state index is 0.277. The molecule has 7 heteroatoms. The molecule has 26 heavy (non-hydrogen) atoms. The number of imidazole rings is 1. The van der Waals surface area contributed by atoms with Crippen molar-refractivity contribution in [2.24, 2.45) is 0 Å². The van der Waals surface area contributed by atoms with Gasteiger partial charge in [0.15, 0.2) is 0 Å². The predicted octanol–water partition coefficient (Wildman–Crippen LogP) is 3.36. The first-order valence-electron chi connectivity index (χ1n) is 7.78. The summed E-state index contributed by atoms with van der Waals surface area (Å²) in [5.74, 6) is -1.26. The molecule has 1 aromatic heterocycles. The maximum atomic E-state index is 13.1. The summed E-state index contributed by atoms with van der Waals surface area (Å²) in [7, 11) is 1.29. The van der Waals surface area contributed by atoms with Crippen molar-refractivity contribution in [3.05, 3.63) is 77.6 Å². The lowest BCUT2D eigenvalue weighted by atomic mass is 10.1. The van der Waals surface area contributed by atoms with E-state index < -0.39 is 11.9 Å². The van der Waals surface area contributed by atoms with Crippen molar-refractivity contribution in [2.45, 2.75) is 6.92 Å². The Balaban J connectivity index is 1.89. The zero-order chi connectivity index (χ0) is 18.7. The number of halogens is 1. The van der Waals surface area contributed by atoms with Crippen LogP contribution in [0.1, 0.15) is 26.4 Å². The van der Waals surface area contributed by atoms with Gasteiger partial charge in [0.1, 0.15) is 11.5 Å². The molecular weight excluding hydrogens is 337 g/mol. The molecule has 1 N–H and O–H groups in total. The number of nitrogens with zero attached hydrogens (tertiary/aromatic N) is 2. The number of carbonyl (C=O) groups is 2. The van der Waals surface area contributed by atoms with Gasteiger partial charge in [0.2, 0.25) is 0 Å². The summed E-state index contributed by atoms with van der Waals surface area (Å²) in [6.07, 6.45) is 2.89. The van der Waals surface area contributed by atoms with Crippen molar-refractivity contribution < 1.29 is 18.7 Å². The number of esters is 1. The standard InChI is InChI=1S/C19H16FN3O3/c1-12-3-4-13(19(25)26-2)9-16(12)22-18(24)17-10-21-11-23(17)15-7-5-14(20)6-8-15/h3-11H,1-2H3,(H,22,24). The fraction of sp³-hybridized carbons (Fsp3) is 0.105. The summed E-state index contributed by atoms with van der Waals surface area (Å²) >= 11 is 0. The summed E-state index contributed by atoms with van der Waals surface area (Å²) in [6, 6.07) is 10.6. The van der Waals surface area contributed by atoms with Gasteiger partial charge < -0.3 is 10.1 Å². The van der Waals surface area contributed by atoms with Gasteiger partial charge in [0, 0.05) is 11.4 Å². The van der Waals surface area contributed by atoms with Crippen LogP contribution in [0.15, 0.2) is 55.0 Å². The highest BCUT2D eigenvalue weighted by Crippen LogP contribution is 2.19. The zero-order valence-corrected chi connectivity index (χ0v) is 14.2. The fourth-order valence-corrected chi connectivity index (χ4v) is 2.46. The Kier molecular flexibility index (Phi) is 4.79. The van der Waals surface area contributed by atoms with Crippen molar-refractivity contribution >= 4 is 17.6 Å². The van der Waals surface area contributed by atoms with Gasteiger partial charge in [-0.15, -0.1) is 0 Å². The van der Waals surface area contributed by atoms with E-state index in [0.717, 1.165) is 5.56 Å². The van der Waals surface area contributed by atoms with Crippen molar-refractivity contribution in [1.82, 2.24) is 9.55 Å². The molecule has 0 aliphatic heterocycles. The lowest BCUT2D eigenvalue weighted by Gasteiger charge is -2.12. The molecule has 0 saturated carbocycles. The van der Waals surface area contributed by atoms with Crippen LogP contribution < -0.4 is 5.32 Å². The molecule has 0 aliphatic carbocycles. The van der Waals surface area contributed by atoms with E-state index in [4.69, 9.17) is 4.74 Å². The average molecular weight is 353 g/mol. The lowest BCUT2D eigenvalue weighted by molar-refractivity contribution is 0.0600. The van der Waals surface area contributed by atoms with Crippen molar-refractivity contribution in [1.29, 1.82) is 0 Å². The van der Waals surface area contributed by atoms with E-state index in [1.807, 2.05) is 6.92 Å². The second-order valence-corrected chi connectivity index (χ2v) is 5.60. The molecule has 0 aliphatic rings. The first-order valence-corrected chi connectivity index (χ1v) is 7.78. The van der Waals surface area contributed by atoms with Crippen LogP contribution >= 0.6 is 0 Å². The Labute approximate surface area is 149 Å². The zero-order valence-electron chi connectivity index (χ0n) is 14.2. The summed E-state index contributed by atoms with van der Waals surface area (Å²) in [5, 5.41) is 2.77. The van der Waals surface area contributed by atoms with Crippen LogP contribution in [0.5, 0.6) is 0 Å². The van der Waals surface area contributed by atoms with Crippen LogP contribution in [-0.2, 0) is 4.74 Å². The Hall–Kier alpha value is -3.48. The number of carbonyl (C=O) groups excluding carboxylic acids is 2. The van der Waals surface area contributed by atoms with Gasteiger partial charge in [0.05, 0.1) is 25.2 Å². The number of hydrogen-bond acceptors (Lipinski definition) is 4. The Bertz CT molecular complexity index is 964. The van der Waals surface area contributed by atoms with Gasteiger partial charge in [-0.05, 0) is 48.9 Å². The number of rotatable bonds is 4. The molecule has 0 fully saturated rings. The molecular formula is C19H16FN3O3. The van der Waals surface area contributed by atoms with Gasteiger partial charge in [-0.25, -0.2) is 14.2 Å². The van der Waals surface area contributed by atoms with E-state index in [2.05, 4.69) is 10.3 Å². The molecule has 2 aromatic carbocycles. The van der Waals surface area contributed by atoms with Gasteiger partial charge in [0.25, 0.3) is 5.91 Å². The van der Waals surface area contributed by atoms with Gasteiger partial charge >= 0.3 is 5.97 Å². The largest absolute Gasteiger partial charge is 0.465 e. The molecule has 1 heterocycles. The Morgan fingerprint density at radius 1 is 1.15 bits per heavy atom. The topological polar surface area (TPSA) is 73.2 Å². The molecule has 0 radical (unpaired) electrons. The van der Waals surface area contributed by atoms with Crippen molar-refractivity contribution in [2.75, 3.05) is 12.4 Å². The minimum atomic E-state index is -0.489. The SMILES string of the molecule is COC(=O)c1ccc(C)c(NC(=O)c2cncn2-c2ccc(F)cc2)c1. The van der Waals surface area contributed by atoms with Gasteiger partial charge in [-0.3, -0.25) is 9.36 Å². The lowest BCUT2D eigenvalue weighted by Crippen LogP contribution is -2.17. The number of aryl methyl sites for hydroxylation is 1. The number of amides is 1. The molecule has 0 saturated heterocycles. The maximum absolute atomic E-state index is 13.1. The Morgan fingerprint density at radius 2 is 1.88 bits per heavy atom. The van der Waals surface area contributed by atoms with Gasteiger partial charge in [-0.1, -0.05) is 6.07 Å². The molecule has 0 bridgehead atoms. The third-order valence-electron chi connectivity index (χ3n) is 3.88. The second kappa shape index (κ2) is 7.18. The number of benzene rings is 2. The van der Waals surface area contributed by atoms with E-state index in [1.165, 1.54) is 31.8 Å². The fourth-order valence-electron chi connectivity index (χ4n) is 2.46. The van der Waals surface area contributed by atoms with Crippen LogP contribution in [0.3, 0.4) is 0 Å². The maximum Gasteiger partial charge on any atom is 0.337 e. The Morgan fingerprint density at radius 3 is 2.58 bits per heavy atom. The molecule has 0 atom stereocenters. The summed E-state index contributed by atoms with van der Waals surface area (Å²) in [4.78, 5) is 28.4. The van der Waals surface area contributed by atoms with Crippen LogP contribution in [-0.4, -0.2) is 28.5 Å². The molecule has 1 amide bonds. The molecule has 132 valence electrons. The normalized spacial score (nSPS) is 10.4. The third kappa shape index (κ3) is 3.46. The number of aromatic nitrogens is 2. The smallest absolute Gasteiger partial charge is 0.337 e. The van der Waals surface area contributed by atoms with E-state index in [-0.39, 0.29) is 11.5 Å². The van der Waals surface area contributed by atoms with Gasteiger partial charge in [-0.2, -0.15) is 0 Å². The average Bonchev–Trinajstić information content (AvgIpc) is 3.13. The molecule has 3 aromatic rings. The molecule has 0 unspecified atom stereocenters. The highest BCUT2D eigenvalue weighted by molar-refractivity contribution is 6.04. The highest BCUT2D eigenvalue weighted by Gasteiger charge is 2.16.